The third-order valence-electron chi connectivity index (χ3n) is 5.78. The number of quaternary nitrogens is 1. The molecule has 1 aliphatic heterocycles. The summed E-state index contributed by atoms with van der Waals surface area (Å²) in [6.45, 7) is 7.93. The summed E-state index contributed by atoms with van der Waals surface area (Å²) < 4.78 is 0. The van der Waals surface area contributed by atoms with Crippen LogP contribution in [0.1, 0.15) is 22.8 Å². The summed E-state index contributed by atoms with van der Waals surface area (Å²) in [6.07, 6.45) is 1.86. The molecule has 1 fully saturated rings. The number of H-pyrrole nitrogens is 1. The zero-order valence-electron chi connectivity index (χ0n) is 15.8. The molecule has 27 heavy (non-hydrogen) atoms. The van der Waals surface area contributed by atoms with Crippen molar-refractivity contribution in [2.45, 2.75) is 19.9 Å². The fraction of sp³-hybridized carbons (Fsp3) is 0.318. The summed E-state index contributed by atoms with van der Waals surface area (Å²) in [5, 5.41) is 1.79. The summed E-state index contributed by atoms with van der Waals surface area (Å²) in [7, 11) is 0. The van der Waals surface area contributed by atoms with Crippen LogP contribution in [0.25, 0.3) is 10.9 Å². The van der Waals surface area contributed by atoms with Gasteiger partial charge in [-0.25, -0.2) is 0 Å². The zero-order chi connectivity index (χ0) is 19.0. The molecule has 0 saturated carbocycles. The van der Waals surface area contributed by atoms with Crippen LogP contribution in [0.15, 0.2) is 48.7 Å². The van der Waals surface area contributed by atoms with E-state index in [1.165, 1.54) is 16.2 Å². The summed E-state index contributed by atoms with van der Waals surface area (Å²) in [4.78, 5) is 20.0. The lowest BCUT2D eigenvalue weighted by Gasteiger charge is -2.36. The third kappa shape index (κ3) is 3.47. The number of fused-ring (bicyclic) bond motifs is 1. The van der Waals surface area contributed by atoms with E-state index >= 15 is 0 Å². The van der Waals surface area contributed by atoms with E-state index in [2.05, 4.69) is 29.8 Å². The summed E-state index contributed by atoms with van der Waals surface area (Å²) in [6, 6.07) is 14.0. The van der Waals surface area contributed by atoms with E-state index in [-0.39, 0.29) is 11.8 Å². The molecule has 2 N–H and O–H groups in total. The Hall–Kier alpha value is -2.30. The number of benzene rings is 2. The lowest BCUT2D eigenvalue weighted by molar-refractivity contribution is -0.914. The molecule has 4 rings (SSSR count). The van der Waals surface area contributed by atoms with Crippen LogP contribution in [-0.4, -0.2) is 43.0 Å². The number of para-hydroxylation sites is 1. The molecule has 4 nitrogen and oxygen atoms in total. The molecule has 3 aromatic rings. The molecule has 0 unspecified atom stereocenters. The number of rotatable bonds is 4. The first-order valence-corrected chi connectivity index (χ1v) is 9.88. The lowest BCUT2D eigenvalue weighted by Crippen LogP contribution is -3.18. The first-order valence-electron chi connectivity index (χ1n) is 9.50. The van der Waals surface area contributed by atoms with Gasteiger partial charge in [-0.15, -0.1) is 0 Å². The predicted molar refractivity (Wildman–Crippen MR) is 111 cm³/mol. The number of carbonyl (C=O) groups is 1. The second-order valence-electron chi connectivity index (χ2n) is 7.41. The number of carbonyl (C=O) groups excluding carboxylic acids is 1. The van der Waals surface area contributed by atoms with Gasteiger partial charge >= 0.3 is 0 Å². The predicted octanol–water partition coefficient (Wildman–Crippen LogP) is 3.11. The van der Waals surface area contributed by atoms with Crippen LogP contribution in [0.2, 0.25) is 5.02 Å². The van der Waals surface area contributed by atoms with Gasteiger partial charge in [-0.05, 0) is 37.6 Å². The Bertz CT molecular complexity index is 973. The van der Waals surface area contributed by atoms with Crippen LogP contribution < -0.4 is 9.80 Å². The van der Waals surface area contributed by atoms with Crippen molar-refractivity contribution in [3.8, 4) is 0 Å². The molecule has 1 atom stereocenters. The normalized spacial score (nSPS) is 16.6. The highest BCUT2D eigenvalue weighted by atomic mass is 35.5. The zero-order valence-corrected chi connectivity index (χ0v) is 16.5. The Balaban J connectivity index is 1.46. The molecule has 0 spiro atoms. The molecule has 2 aromatic carbocycles. The average molecular weight is 383 g/mol. The van der Waals surface area contributed by atoms with Crippen LogP contribution in [0.5, 0.6) is 0 Å². The summed E-state index contributed by atoms with van der Waals surface area (Å²) in [5.74, 6) is 0.217. The maximum absolute atomic E-state index is 13.1. The minimum atomic E-state index is -0.0492. The first kappa shape index (κ1) is 18.1. The fourth-order valence-corrected chi connectivity index (χ4v) is 4.25. The SMILES string of the molecule is Cc1ccc(Cl)cc1N1CC[NH+]([C@H](C)C(=O)c2c[nH]c3ccccc23)CC1. The Morgan fingerprint density at radius 3 is 2.70 bits per heavy atom. The maximum Gasteiger partial charge on any atom is 0.221 e. The van der Waals surface area contributed by atoms with Crippen LogP contribution in [0.4, 0.5) is 5.69 Å². The quantitative estimate of drug-likeness (QED) is 0.681. The molecular weight excluding hydrogens is 358 g/mol. The minimum absolute atomic E-state index is 0.0492. The topological polar surface area (TPSA) is 40.5 Å². The number of halogens is 1. The van der Waals surface area contributed by atoms with Crippen molar-refractivity contribution in [3.63, 3.8) is 0 Å². The number of piperazine rings is 1. The van der Waals surface area contributed by atoms with Gasteiger partial charge < -0.3 is 14.8 Å². The monoisotopic (exact) mass is 382 g/mol. The van der Waals surface area contributed by atoms with Gasteiger partial charge in [0.1, 0.15) is 6.04 Å². The summed E-state index contributed by atoms with van der Waals surface area (Å²) in [5.41, 5.74) is 4.27. The number of anilines is 1. The molecule has 2 heterocycles. The number of ketones is 1. The first-order chi connectivity index (χ1) is 13.0. The van der Waals surface area contributed by atoms with Crippen LogP contribution >= 0.6 is 11.6 Å². The highest BCUT2D eigenvalue weighted by Crippen LogP contribution is 2.24. The van der Waals surface area contributed by atoms with Gasteiger partial charge in [-0.2, -0.15) is 0 Å². The van der Waals surface area contributed by atoms with Gasteiger partial charge in [0.25, 0.3) is 0 Å². The third-order valence-corrected chi connectivity index (χ3v) is 6.01. The van der Waals surface area contributed by atoms with Gasteiger partial charge in [0.2, 0.25) is 5.78 Å². The van der Waals surface area contributed by atoms with Crippen molar-refractivity contribution in [3.05, 3.63) is 64.8 Å². The average Bonchev–Trinajstić information content (AvgIpc) is 3.13. The van der Waals surface area contributed by atoms with E-state index in [0.717, 1.165) is 47.7 Å². The molecule has 0 amide bonds. The smallest absolute Gasteiger partial charge is 0.221 e. The van der Waals surface area contributed by atoms with Crippen molar-refractivity contribution in [2.24, 2.45) is 0 Å². The van der Waals surface area contributed by atoms with Gasteiger partial charge in [0.05, 0.1) is 26.2 Å². The fourth-order valence-electron chi connectivity index (χ4n) is 4.09. The Morgan fingerprint density at radius 1 is 1.19 bits per heavy atom. The van der Waals surface area contributed by atoms with Gasteiger partial charge in [-0.1, -0.05) is 35.9 Å². The number of nitrogens with zero attached hydrogens (tertiary/aromatic N) is 1. The summed E-state index contributed by atoms with van der Waals surface area (Å²) >= 11 is 6.18. The number of nitrogens with one attached hydrogen (secondary N) is 2. The number of aromatic nitrogens is 1. The van der Waals surface area contributed by atoms with Crippen LogP contribution in [0, 0.1) is 6.92 Å². The van der Waals surface area contributed by atoms with Crippen LogP contribution in [0.3, 0.4) is 0 Å². The van der Waals surface area contributed by atoms with E-state index < -0.39 is 0 Å². The second-order valence-corrected chi connectivity index (χ2v) is 7.85. The van der Waals surface area contributed by atoms with Crippen molar-refractivity contribution < 1.29 is 9.69 Å². The number of aromatic amines is 1. The van der Waals surface area contributed by atoms with Crippen molar-refractivity contribution in [1.29, 1.82) is 0 Å². The van der Waals surface area contributed by atoms with Gasteiger partial charge in [0, 0.05) is 33.4 Å². The lowest BCUT2D eigenvalue weighted by atomic mass is 10.0. The number of hydrogen-bond acceptors (Lipinski definition) is 2. The van der Waals surface area contributed by atoms with E-state index in [9.17, 15) is 4.79 Å². The molecule has 140 valence electrons. The highest BCUT2D eigenvalue weighted by Gasteiger charge is 2.31. The Labute approximate surface area is 164 Å². The van der Waals surface area contributed by atoms with Gasteiger partial charge in [-0.3, -0.25) is 4.79 Å². The number of Topliss-reactive ketones (excluding diaryl/α,β-unsaturated/α-hetero) is 1. The molecular formula is C22H25ClN3O+. The van der Waals surface area contributed by atoms with Crippen LogP contribution in [-0.2, 0) is 0 Å². The number of hydrogen-bond donors (Lipinski definition) is 2. The standard InChI is InChI=1S/C22H24ClN3O/c1-15-7-8-17(23)13-21(15)26-11-9-25(10-12-26)16(2)22(27)19-14-24-20-6-4-3-5-18(19)20/h3-8,13-14,16,24H,9-12H2,1-2H3/p+1/t16-/m1/s1. The Kier molecular flexibility index (Phi) is 4.94. The molecule has 1 aliphatic rings. The van der Waals surface area contributed by atoms with E-state index in [1.54, 1.807) is 0 Å². The molecule has 0 aliphatic carbocycles. The molecule has 1 aromatic heterocycles. The molecule has 0 radical (unpaired) electrons. The van der Waals surface area contributed by atoms with E-state index in [1.807, 2.05) is 42.6 Å². The second kappa shape index (κ2) is 7.37. The molecule has 1 saturated heterocycles. The van der Waals surface area contributed by atoms with Crippen molar-refractivity contribution in [2.75, 3.05) is 31.1 Å². The molecule has 0 bridgehead atoms. The minimum Gasteiger partial charge on any atom is -0.360 e. The highest BCUT2D eigenvalue weighted by molar-refractivity contribution is 6.30. The largest absolute Gasteiger partial charge is 0.360 e. The maximum atomic E-state index is 13.1. The van der Waals surface area contributed by atoms with E-state index in [4.69, 9.17) is 11.6 Å². The molecule has 5 heteroatoms. The van der Waals surface area contributed by atoms with Crippen molar-refractivity contribution in [1.82, 2.24) is 4.98 Å². The van der Waals surface area contributed by atoms with Gasteiger partial charge in [0.15, 0.2) is 0 Å². The number of aryl methyl sites for hydroxylation is 1. The Morgan fingerprint density at radius 2 is 1.93 bits per heavy atom. The van der Waals surface area contributed by atoms with E-state index in [0.29, 0.717) is 0 Å². The van der Waals surface area contributed by atoms with Crippen molar-refractivity contribution >= 4 is 34.0 Å².